The minimum atomic E-state index is 0.115. The van der Waals surface area contributed by atoms with Gasteiger partial charge in [-0.1, -0.05) is 30.3 Å². The Morgan fingerprint density at radius 3 is 2.54 bits per heavy atom. The van der Waals surface area contributed by atoms with Crippen molar-refractivity contribution >= 4 is 0 Å². The molecule has 2 nitrogen and oxygen atoms in total. The van der Waals surface area contributed by atoms with Crippen LogP contribution in [0.1, 0.15) is 12.0 Å². The van der Waals surface area contributed by atoms with Crippen LogP contribution < -0.4 is 0 Å². The van der Waals surface area contributed by atoms with Crippen LogP contribution in [0.4, 0.5) is 0 Å². The Hall–Kier alpha value is -0.860. The van der Waals surface area contributed by atoms with Crippen molar-refractivity contribution in [3.63, 3.8) is 0 Å². The van der Waals surface area contributed by atoms with Gasteiger partial charge in [-0.3, -0.25) is 0 Å². The van der Waals surface area contributed by atoms with Gasteiger partial charge in [0.1, 0.15) is 6.10 Å². The number of aliphatic hydroxyl groups excluding tert-OH is 1. The second-order valence-electron chi connectivity index (χ2n) is 3.42. The summed E-state index contributed by atoms with van der Waals surface area (Å²) in [5.74, 6) is 0. The topological polar surface area (TPSA) is 32.8 Å². The van der Waals surface area contributed by atoms with E-state index >= 15 is 0 Å². The third-order valence-electron chi connectivity index (χ3n) is 2.43. The standard InChI is InChI=1S/C11H14O2/c12-8-11-10(13-11)7-6-9-4-2-1-3-5-9/h1-5,10-12H,6-8H2/t10-,11?/m0/s1. The summed E-state index contributed by atoms with van der Waals surface area (Å²) in [7, 11) is 0. The molecule has 1 aliphatic heterocycles. The van der Waals surface area contributed by atoms with Crippen molar-refractivity contribution in [3.8, 4) is 0 Å². The molecule has 2 rings (SSSR count). The van der Waals surface area contributed by atoms with E-state index in [0.29, 0.717) is 6.10 Å². The first-order chi connectivity index (χ1) is 6.40. The molecule has 1 fully saturated rings. The fourth-order valence-corrected chi connectivity index (χ4v) is 1.55. The van der Waals surface area contributed by atoms with Crippen molar-refractivity contribution in [1.82, 2.24) is 0 Å². The second-order valence-corrected chi connectivity index (χ2v) is 3.42. The number of aryl methyl sites for hydroxylation is 1. The lowest BCUT2D eigenvalue weighted by Crippen LogP contribution is -2.00. The molecule has 0 saturated carbocycles. The van der Waals surface area contributed by atoms with Gasteiger partial charge >= 0.3 is 0 Å². The van der Waals surface area contributed by atoms with Gasteiger partial charge in [0.25, 0.3) is 0 Å². The van der Waals surface area contributed by atoms with Crippen LogP contribution in [0.25, 0.3) is 0 Å². The van der Waals surface area contributed by atoms with Gasteiger partial charge in [0.15, 0.2) is 0 Å². The number of aliphatic hydroxyl groups is 1. The molecule has 2 heteroatoms. The molecule has 0 spiro atoms. The zero-order chi connectivity index (χ0) is 9.10. The minimum absolute atomic E-state index is 0.115. The summed E-state index contributed by atoms with van der Waals surface area (Å²) in [6, 6.07) is 10.4. The second kappa shape index (κ2) is 3.90. The number of ether oxygens (including phenoxy) is 1. The van der Waals surface area contributed by atoms with Gasteiger partial charge in [-0.05, 0) is 18.4 Å². The maximum absolute atomic E-state index is 8.75. The summed E-state index contributed by atoms with van der Waals surface area (Å²) in [6.45, 7) is 0.166. The third kappa shape index (κ3) is 2.29. The van der Waals surface area contributed by atoms with Gasteiger partial charge in [-0.2, -0.15) is 0 Å². The smallest absolute Gasteiger partial charge is 0.107 e. The van der Waals surface area contributed by atoms with Crippen LogP contribution in [-0.2, 0) is 11.2 Å². The lowest BCUT2D eigenvalue weighted by atomic mass is 10.1. The van der Waals surface area contributed by atoms with Crippen LogP contribution in [0, 0.1) is 0 Å². The van der Waals surface area contributed by atoms with E-state index in [9.17, 15) is 0 Å². The van der Waals surface area contributed by atoms with Gasteiger partial charge in [0, 0.05) is 0 Å². The Balaban J connectivity index is 1.75. The summed E-state index contributed by atoms with van der Waals surface area (Å²) in [6.07, 6.45) is 2.48. The van der Waals surface area contributed by atoms with Gasteiger partial charge in [-0.25, -0.2) is 0 Å². The van der Waals surface area contributed by atoms with Crippen molar-refractivity contribution in [2.75, 3.05) is 6.61 Å². The van der Waals surface area contributed by atoms with E-state index in [0.717, 1.165) is 12.8 Å². The highest BCUT2D eigenvalue weighted by Crippen LogP contribution is 2.25. The van der Waals surface area contributed by atoms with Gasteiger partial charge in [0.05, 0.1) is 12.7 Å². The Kier molecular flexibility index (Phi) is 2.62. The van der Waals surface area contributed by atoms with Crippen LogP contribution in [0.3, 0.4) is 0 Å². The van der Waals surface area contributed by atoms with Crippen molar-refractivity contribution in [2.24, 2.45) is 0 Å². The zero-order valence-corrected chi connectivity index (χ0v) is 7.52. The van der Waals surface area contributed by atoms with Crippen molar-refractivity contribution in [3.05, 3.63) is 35.9 Å². The molecule has 1 heterocycles. The lowest BCUT2D eigenvalue weighted by Gasteiger charge is -1.97. The molecule has 1 unspecified atom stereocenters. The molecular formula is C11H14O2. The van der Waals surface area contributed by atoms with E-state index in [4.69, 9.17) is 9.84 Å². The molecule has 1 aliphatic rings. The molecule has 0 amide bonds. The van der Waals surface area contributed by atoms with Crippen LogP contribution in [-0.4, -0.2) is 23.9 Å². The predicted octanol–water partition coefficient (Wildman–Crippen LogP) is 1.38. The molecule has 70 valence electrons. The SMILES string of the molecule is OCC1O[C@H]1CCc1ccccc1. The van der Waals surface area contributed by atoms with Crippen LogP contribution in [0.15, 0.2) is 30.3 Å². The van der Waals surface area contributed by atoms with Crippen LogP contribution in [0.2, 0.25) is 0 Å². The molecule has 1 saturated heterocycles. The molecular weight excluding hydrogens is 164 g/mol. The third-order valence-corrected chi connectivity index (χ3v) is 2.43. The van der Waals surface area contributed by atoms with Crippen molar-refractivity contribution in [1.29, 1.82) is 0 Å². The van der Waals surface area contributed by atoms with Crippen molar-refractivity contribution < 1.29 is 9.84 Å². The summed E-state index contributed by atoms with van der Waals surface area (Å²) >= 11 is 0. The highest BCUT2D eigenvalue weighted by atomic mass is 16.6. The number of benzene rings is 1. The lowest BCUT2D eigenvalue weighted by molar-refractivity contribution is 0.241. The van der Waals surface area contributed by atoms with Crippen LogP contribution >= 0.6 is 0 Å². The van der Waals surface area contributed by atoms with E-state index in [2.05, 4.69) is 12.1 Å². The molecule has 0 bridgehead atoms. The first-order valence-corrected chi connectivity index (χ1v) is 4.70. The average molecular weight is 178 g/mol. The molecule has 1 aromatic rings. The number of hydrogen-bond acceptors (Lipinski definition) is 2. The normalized spacial score (nSPS) is 25.9. The highest BCUT2D eigenvalue weighted by Gasteiger charge is 2.37. The average Bonchev–Trinajstić information content (AvgIpc) is 2.95. The quantitative estimate of drug-likeness (QED) is 0.706. The minimum Gasteiger partial charge on any atom is -0.394 e. The van der Waals surface area contributed by atoms with E-state index in [1.165, 1.54) is 5.56 Å². The number of hydrogen-bond donors (Lipinski definition) is 1. The summed E-state index contributed by atoms with van der Waals surface area (Å²) in [5, 5.41) is 8.75. The molecule has 0 aromatic heterocycles. The van der Waals surface area contributed by atoms with E-state index in [-0.39, 0.29) is 12.7 Å². The van der Waals surface area contributed by atoms with E-state index in [1.54, 1.807) is 0 Å². The first kappa shape index (κ1) is 8.73. The molecule has 2 atom stereocenters. The first-order valence-electron chi connectivity index (χ1n) is 4.70. The van der Waals surface area contributed by atoms with Crippen LogP contribution in [0.5, 0.6) is 0 Å². The zero-order valence-electron chi connectivity index (χ0n) is 7.52. The highest BCUT2D eigenvalue weighted by molar-refractivity contribution is 5.15. The number of rotatable bonds is 4. The Labute approximate surface area is 78.2 Å². The Bertz CT molecular complexity index is 258. The Morgan fingerprint density at radius 1 is 1.15 bits per heavy atom. The number of epoxide rings is 1. The molecule has 1 aromatic carbocycles. The largest absolute Gasteiger partial charge is 0.394 e. The fraction of sp³-hybridized carbons (Fsp3) is 0.455. The van der Waals surface area contributed by atoms with Gasteiger partial charge in [-0.15, -0.1) is 0 Å². The van der Waals surface area contributed by atoms with E-state index < -0.39 is 0 Å². The summed E-state index contributed by atoms with van der Waals surface area (Å²) in [5.41, 5.74) is 1.34. The summed E-state index contributed by atoms with van der Waals surface area (Å²) < 4.78 is 5.24. The fourth-order valence-electron chi connectivity index (χ4n) is 1.55. The monoisotopic (exact) mass is 178 g/mol. The molecule has 1 N–H and O–H groups in total. The molecule has 13 heavy (non-hydrogen) atoms. The van der Waals surface area contributed by atoms with Crippen molar-refractivity contribution in [2.45, 2.75) is 25.0 Å². The van der Waals surface area contributed by atoms with E-state index in [1.807, 2.05) is 18.2 Å². The Morgan fingerprint density at radius 2 is 1.92 bits per heavy atom. The summed E-state index contributed by atoms with van der Waals surface area (Å²) in [4.78, 5) is 0. The van der Waals surface area contributed by atoms with Gasteiger partial charge < -0.3 is 9.84 Å². The predicted molar refractivity (Wildman–Crippen MR) is 50.5 cm³/mol. The maximum atomic E-state index is 8.75. The molecule has 0 radical (unpaired) electrons. The molecule has 0 aliphatic carbocycles. The van der Waals surface area contributed by atoms with Gasteiger partial charge in [0.2, 0.25) is 0 Å². The maximum Gasteiger partial charge on any atom is 0.107 e.